The summed E-state index contributed by atoms with van der Waals surface area (Å²) in [5.74, 6) is 2.08. The Morgan fingerprint density at radius 3 is 2.21 bits per heavy atom. The van der Waals surface area contributed by atoms with Gasteiger partial charge in [0.1, 0.15) is 11.5 Å². The smallest absolute Gasteiger partial charge is 0.128 e. The second-order valence-electron chi connectivity index (χ2n) is 4.74. The van der Waals surface area contributed by atoms with E-state index in [2.05, 4.69) is 41.9 Å². The van der Waals surface area contributed by atoms with Crippen LogP contribution in [-0.4, -0.2) is 5.11 Å². The van der Waals surface area contributed by atoms with Gasteiger partial charge in [-0.25, -0.2) is 0 Å². The Bertz CT molecular complexity index is 547. The van der Waals surface area contributed by atoms with E-state index in [1.807, 2.05) is 30.3 Å². The minimum atomic E-state index is 0.0178. The summed E-state index contributed by atoms with van der Waals surface area (Å²) in [6.07, 6.45) is 0. The van der Waals surface area contributed by atoms with Crippen LogP contribution in [0, 0.1) is 0 Å². The standard InChI is InChI=1S/C16H17BrO2/c1-11(2)12-3-6-14(7-4-12)19-15-8-5-13(10-18)16(17)9-15/h3-9,11,18H,10H2,1-2H3. The van der Waals surface area contributed by atoms with Gasteiger partial charge in [0.05, 0.1) is 6.61 Å². The van der Waals surface area contributed by atoms with Gasteiger partial charge < -0.3 is 9.84 Å². The minimum Gasteiger partial charge on any atom is -0.457 e. The second-order valence-corrected chi connectivity index (χ2v) is 5.59. The Balaban J connectivity index is 2.14. The number of aliphatic hydroxyl groups excluding tert-OH is 1. The van der Waals surface area contributed by atoms with E-state index in [9.17, 15) is 0 Å². The molecular formula is C16H17BrO2. The molecule has 0 saturated heterocycles. The molecule has 0 radical (unpaired) electrons. The molecule has 0 bridgehead atoms. The summed E-state index contributed by atoms with van der Waals surface area (Å²) >= 11 is 3.41. The van der Waals surface area contributed by atoms with Crippen LogP contribution >= 0.6 is 15.9 Å². The van der Waals surface area contributed by atoms with Crippen molar-refractivity contribution in [2.24, 2.45) is 0 Å². The first-order chi connectivity index (χ1) is 9.10. The lowest BCUT2D eigenvalue weighted by atomic mass is 10.0. The zero-order chi connectivity index (χ0) is 13.8. The number of benzene rings is 2. The number of hydrogen-bond acceptors (Lipinski definition) is 2. The molecule has 0 spiro atoms. The lowest BCUT2D eigenvalue weighted by Gasteiger charge is -2.10. The van der Waals surface area contributed by atoms with Gasteiger partial charge in [-0.15, -0.1) is 0 Å². The van der Waals surface area contributed by atoms with Crippen LogP contribution in [0.1, 0.15) is 30.9 Å². The highest BCUT2D eigenvalue weighted by Gasteiger charge is 2.03. The Morgan fingerprint density at radius 1 is 1.05 bits per heavy atom. The molecule has 0 aliphatic rings. The molecule has 0 unspecified atom stereocenters. The van der Waals surface area contributed by atoms with Gasteiger partial charge in [-0.05, 0) is 41.3 Å². The summed E-state index contributed by atoms with van der Waals surface area (Å²) in [5, 5.41) is 9.11. The molecule has 100 valence electrons. The van der Waals surface area contributed by atoms with Crippen LogP contribution in [0.4, 0.5) is 0 Å². The van der Waals surface area contributed by atoms with Gasteiger partial charge >= 0.3 is 0 Å². The zero-order valence-corrected chi connectivity index (χ0v) is 12.6. The highest BCUT2D eigenvalue weighted by Crippen LogP contribution is 2.28. The normalized spacial score (nSPS) is 10.8. The molecule has 0 fully saturated rings. The third kappa shape index (κ3) is 3.58. The van der Waals surface area contributed by atoms with Crippen molar-refractivity contribution in [2.45, 2.75) is 26.4 Å². The van der Waals surface area contributed by atoms with Crippen LogP contribution in [0.5, 0.6) is 11.5 Å². The molecule has 0 atom stereocenters. The first kappa shape index (κ1) is 14.1. The average Bonchev–Trinajstić information content (AvgIpc) is 2.39. The van der Waals surface area contributed by atoms with Crippen molar-refractivity contribution in [1.29, 1.82) is 0 Å². The van der Waals surface area contributed by atoms with E-state index in [-0.39, 0.29) is 6.61 Å². The topological polar surface area (TPSA) is 29.5 Å². The first-order valence-electron chi connectivity index (χ1n) is 6.27. The lowest BCUT2D eigenvalue weighted by molar-refractivity contribution is 0.281. The summed E-state index contributed by atoms with van der Waals surface area (Å²) in [6.45, 7) is 4.35. The number of hydrogen-bond donors (Lipinski definition) is 1. The molecule has 0 amide bonds. The number of aliphatic hydroxyl groups is 1. The molecule has 0 aliphatic carbocycles. The van der Waals surface area contributed by atoms with Gasteiger partial charge in [0.2, 0.25) is 0 Å². The monoisotopic (exact) mass is 320 g/mol. The van der Waals surface area contributed by atoms with Gasteiger partial charge in [-0.1, -0.05) is 48.0 Å². The van der Waals surface area contributed by atoms with Crippen molar-refractivity contribution in [1.82, 2.24) is 0 Å². The average molecular weight is 321 g/mol. The van der Waals surface area contributed by atoms with Gasteiger partial charge in [0.25, 0.3) is 0 Å². The summed E-state index contributed by atoms with van der Waals surface area (Å²) in [6, 6.07) is 13.7. The van der Waals surface area contributed by atoms with Gasteiger partial charge in [-0.3, -0.25) is 0 Å². The molecule has 2 aromatic carbocycles. The maximum absolute atomic E-state index is 9.11. The van der Waals surface area contributed by atoms with Gasteiger partial charge in [-0.2, -0.15) is 0 Å². The molecule has 0 saturated carbocycles. The largest absolute Gasteiger partial charge is 0.457 e. The minimum absolute atomic E-state index is 0.0178. The zero-order valence-electron chi connectivity index (χ0n) is 11.1. The number of halogens is 1. The predicted molar refractivity (Wildman–Crippen MR) is 80.7 cm³/mol. The van der Waals surface area contributed by atoms with Gasteiger partial charge in [0.15, 0.2) is 0 Å². The van der Waals surface area contributed by atoms with Crippen molar-refractivity contribution in [3.8, 4) is 11.5 Å². The molecule has 2 nitrogen and oxygen atoms in total. The van der Waals surface area contributed by atoms with E-state index >= 15 is 0 Å². The van der Waals surface area contributed by atoms with Crippen molar-refractivity contribution in [2.75, 3.05) is 0 Å². The summed E-state index contributed by atoms with van der Waals surface area (Å²) in [7, 11) is 0. The second kappa shape index (κ2) is 6.22. The molecule has 3 heteroatoms. The maximum Gasteiger partial charge on any atom is 0.128 e. The van der Waals surface area contributed by atoms with Crippen molar-refractivity contribution in [3.05, 3.63) is 58.1 Å². The highest BCUT2D eigenvalue weighted by molar-refractivity contribution is 9.10. The first-order valence-corrected chi connectivity index (χ1v) is 7.06. The van der Waals surface area contributed by atoms with E-state index in [1.54, 1.807) is 0 Å². The Morgan fingerprint density at radius 2 is 1.68 bits per heavy atom. The summed E-state index contributed by atoms with van der Waals surface area (Å²) < 4.78 is 6.63. The fourth-order valence-electron chi connectivity index (χ4n) is 1.78. The predicted octanol–water partition coefficient (Wildman–Crippen LogP) is 4.86. The fourth-order valence-corrected chi connectivity index (χ4v) is 2.26. The molecular weight excluding hydrogens is 304 g/mol. The molecule has 0 aromatic heterocycles. The van der Waals surface area contributed by atoms with Crippen molar-refractivity contribution >= 4 is 15.9 Å². The van der Waals surface area contributed by atoms with Crippen LogP contribution in [0.3, 0.4) is 0 Å². The molecule has 1 N–H and O–H groups in total. The highest BCUT2D eigenvalue weighted by atomic mass is 79.9. The van der Waals surface area contributed by atoms with Crippen molar-refractivity contribution in [3.63, 3.8) is 0 Å². The SMILES string of the molecule is CC(C)c1ccc(Oc2ccc(CO)c(Br)c2)cc1. The van der Waals surface area contributed by atoms with Crippen LogP contribution < -0.4 is 4.74 Å². The Kier molecular flexibility index (Phi) is 4.61. The van der Waals surface area contributed by atoms with Gasteiger partial charge in [0, 0.05) is 4.47 Å². The Labute approximate surface area is 122 Å². The third-order valence-electron chi connectivity index (χ3n) is 2.98. The van der Waals surface area contributed by atoms with E-state index in [0.717, 1.165) is 21.5 Å². The van der Waals surface area contributed by atoms with E-state index in [1.165, 1.54) is 5.56 Å². The van der Waals surface area contributed by atoms with E-state index < -0.39 is 0 Å². The van der Waals surface area contributed by atoms with Crippen LogP contribution in [0.15, 0.2) is 46.9 Å². The fraction of sp³-hybridized carbons (Fsp3) is 0.250. The summed E-state index contributed by atoms with van der Waals surface area (Å²) in [4.78, 5) is 0. The molecule has 0 aliphatic heterocycles. The molecule has 19 heavy (non-hydrogen) atoms. The van der Waals surface area contributed by atoms with E-state index in [0.29, 0.717) is 5.92 Å². The Hall–Kier alpha value is -1.32. The molecule has 0 heterocycles. The quantitative estimate of drug-likeness (QED) is 0.871. The lowest BCUT2D eigenvalue weighted by Crippen LogP contribution is -1.90. The number of ether oxygens (including phenoxy) is 1. The van der Waals surface area contributed by atoms with E-state index in [4.69, 9.17) is 9.84 Å². The van der Waals surface area contributed by atoms with Crippen LogP contribution in [0.25, 0.3) is 0 Å². The third-order valence-corrected chi connectivity index (χ3v) is 3.72. The van der Waals surface area contributed by atoms with Crippen LogP contribution in [0.2, 0.25) is 0 Å². The molecule has 2 aromatic rings. The molecule has 2 rings (SSSR count). The number of rotatable bonds is 4. The van der Waals surface area contributed by atoms with Crippen molar-refractivity contribution < 1.29 is 9.84 Å². The maximum atomic E-state index is 9.11. The summed E-state index contributed by atoms with van der Waals surface area (Å²) in [5.41, 5.74) is 2.15. The van der Waals surface area contributed by atoms with Crippen LogP contribution in [-0.2, 0) is 6.61 Å².